The first-order valence-electron chi connectivity index (χ1n) is 10.8. The summed E-state index contributed by atoms with van der Waals surface area (Å²) in [6, 6.07) is 14.0. The van der Waals surface area contributed by atoms with Crippen molar-refractivity contribution >= 4 is 17.8 Å². The summed E-state index contributed by atoms with van der Waals surface area (Å²) in [6.45, 7) is 3.62. The third-order valence-corrected chi connectivity index (χ3v) is 4.67. The van der Waals surface area contributed by atoms with Crippen LogP contribution in [0.4, 0.5) is 0 Å². The molecule has 0 aliphatic rings. The van der Waals surface area contributed by atoms with Gasteiger partial charge in [-0.05, 0) is 68.1 Å². The first kappa shape index (κ1) is 25.6. The van der Waals surface area contributed by atoms with Crippen LogP contribution in [0.5, 0.6) is 11.5 Å². The second-order valence-electron chi connectivity index (χ2n) is 7.23. The SMILES string of the molecule is CCc1ccc(Oc2ccc(C(=O)N/C=C\CCCC(=O)ONC(C)C(=O)OC)cc2)cc1. The van der Waals surface area contributed by atoms with Crippen LogP contribution < -0.4 is 15.5 Å². The third kappa shape index (κ3) is 9.16. The second kappa shape index (κ2) is 13.7. The molecule has 8 heteroatoms. The van der Waals surface area contributed by atoms with Gasteiger partial charge in [-0.25, -0.2) is 0 Å². The largest absolute Gasteiger partial charge is 0.468 e. The molecular formula is C25H30N2O6. The van der Waals surface area contributed by atoms with E-state index in [1.807, 2.05) is 24.3 Å². The van der Waals surface area contributed by atoms with Crippen LogP contribution in [0.25, 0.3) is 0 Å². The van der Waals surface area contributed by atoms with Crippen LogP contribution in [0.15, 0.2) is 60.8 Å². The van der Waals surface area contributed by atoms with Crippen molar-refractivity contribution in [3.8, 4) is 11.5 Å². The number of nitrogens with one attached hydrogen (secondary N) is 2. The lowest BCUT2D eigenvalue weighted by atomic mass is 10.2. The van der Waals surface area contributed by atoms with E-state index >= 15 is 0 Å². The Balaban J connectivity index is 1.67. The van der Waals surface area contributed by atoms with Gasteiger partial charge < -0.3 is 19.6 Å². The fourth-order valence-corrected chi connectivity index (χ4v) is 2.70. The number of benzene rings is 2. The Kier molecular flexibility index (Phi) is 10.6. The average molecular weight is 455 g/mol. The summed E-state index contributed by atoms with van der Waals surface area (Å²) in [5.41, 5.74) is 4.08. The van der Waals surface area contributed by atoms with E-state index in [-0.39, 0.29) is 12.3 Å². The molecule has 8 nitrogen and oxygen atoms in total. The summed E-state index contributed by atoms with van der Waals surface area (Å²) in [5, 5.41) is 2.69. The molecule has 1 amide bonds. The van der Waals surface area contributed by atoms with Gasteiger partial charge in [0.25, 0.3) is 5.91 Å². The number of carbonyl (C=O) groups excluding carboxylic acids is 3. The van der Waals surface area contributed by atoms with Crippen molar-refractivity contribution in [3.05, 3.63) is 71.9 Å². The molecule has 2 aromatic carbocycles. The maximum atomic E-state index is 12.2. The maximum absolute atomic E-state index is 12.2. The topological polar surface area (TPSA) is 103 Å². The highest BCUT2D eigenvalue weighted by molar-refractivity contribution is 5.94. The quantitative estimate of drug-likeness (QED) is 0.283. The normalized spacial score (nSPS) is 11.6. The van der Waals surface area contributed by atoms with Gasteiger partial charge >= 0.3 is 11.9 Å². The molecule has 1 atom stereocenters. The molecule has 2 N–H and O–H groups in total. The average Bonchev–Trinajstić information content (AvgIpc) is 2.84. The van der Waals surface area contributed by atoms with Crippen molar-refractivity contribution < 1.29 is 28.7 Å². The van der Waals surface area contributed by atoms with Crippen LogP contribution in [0.2, 0.25) is 0 Å². The standard InChI is InChI=1S/C25H30N2O6/c1-4-19-9-13-21(14-10-19)32-22-15-11-20(12-16-22)24(29)26-17-7-5-6-8-23(28)33-27-18(2)25(30)31-3/h7,9-18,27H,4-6,8H2,1-3H3,(H,26,29)/b17-7-. The smallest absolute Gasteiger partial charge is 0.325 e. The van der Waals surface area contributed by atoms with Crippen molar-refractivity contribution in [1.82, 2.24) is 10.8 Å². The molecule has 0 aromatic heterocycles. The lowest BCUT2D eigenvalue weighted by molar-refractivity contribution is -0.158. The van der Waals surface area contributed by atoms with Gasteiger partial charge in [0.1, 0.15) is 17.5 Å². The number of amides is 1. The molecule has 1 unspecified atom stereocenters. The summed E-state index contributed by atoms with van der Waals surface area (Å²) < 4.78 is 10.3. The van der Waals surface area contributed by atoms with Gasteiger partial charge in [-0.2, -0.15) is 0 Å². The van der Waals surface area contributed by atoms with E-state index in [4.69, 9.17) is 9.57 Å². The van der Waals surface area contributed by atoms with Crippen molar-refractivity contribution in [2.75, 3.05) is 7.11 Å². The van der Waals surface area contributed by atoms with Crippen LogP contribution in [0.3, 0.4) is 0 Å². The molecule has 0 spiro atoms. The number of aryl methyl sites for hydroxylation is 1. The first-order chi connectivity index (χ1) is 15.9. The third-order valence-electron chi connectivity index (χ3n) is 4.67. The number of allylic oxidation sites excluding steroid dienone is 1. The minimum absolute atomic E-state index is 0.168. The molecule has 0 bridgehead atoms. The number of methoxy groups -OCH3 is 1. The second-order valence-corrected chi connectivity index (χ2v) is 7.23. The number of hydrogen-bond donors (Lipinski definition) is 2. The van der Waals surface area contributed by atoms with Crippen LogP contribution in [0, 0.1) is 0 Å². The van der Waals surface area contributed by atoms with E-state index in [1.165, 1.54) is 19.6 Å². The van der Waals surface area contributed by atoms with Crippen molar-refractivity contribution in [2.24, 2.45) is 0 Å². The van der Waals surface area contributed by atoms with Gasteiger partial charge in [-0.15, -0.1) is 5.48 Å². The molecule has 2 rings (SSSR count). The summed E-state index contributed by atoms with van der Waals surface area (Å²) in [5.74, 6) is 0.140. The molecule has 2 aromatic rings. The van der Waals surface area contributed by atoms with Crippen molar-refractivity contribution in [3.63, 3.8) is 0 Å². The molecule has 0 radical (unpaired) electrons. The molecule has 33 heavy (non-hydrogen) atoms. The first-order valence-corrected chi connectivity index (χ1v) is 10.8. The van der Waals surface area contributed by atoms with Gasteiger partial charge in [0, 0.05) is 18.2 Å². The molecule has 0 aliphatic carbocycles. The lowest BCUT2D eigenvalue weighted by Crippen LogP contribution is -2.36. The van der Waals surface area contributed by atoms with E-state index in [9.17, 15) is 14.4 Å². The lowest BCUT2D eigenvalue weighted by Gasteiger charge is -2.10. The Morgan fingerprint density at radius 3 is 2.24 bits per heavy atom. The number of carbonyl (C=O) groups is 3. The highest BCUT2D eigenvalue weighted by atomic mass is 16.7. The van der Waals surface area contributed by atoms with E-state index in [2.05, 4.69) is 22.5 Å². The fourth-order valence-electron chi connectivity index (χ4n) is 2.70. The Morgan fingerprint density at radius 1 is 1.00 bits per heavy atom. The molecule has 0 saturated carbocycles. The zero-order chi connectivity index (χ0) is 24.1. The number of hydrogen-bond acceptors (Lipinski definition) is 7. The van der Waals surface area contributed by atoms with Crippen molar-refractivity contribution in [1.29, 1.82) is 0 Å². The Hall–Kier alpha value is -3.65. The van der Waals surface area contributed by atoms with Crippen LogP contribution in [-0.2, 0) is 25.6 Å². The highest BCUT2D eigenvalue weighted by Crippen LogP contribution is 2.22. The Morgan fingerprint density at radius 2 is 1.64 bits per heavy atom. The highest BCUT2D eigenvalue weighted by Gasteiger charge is 2.14. The number of ether oxygens (including phenoxy) is 2. The predicted molar refractivity (Wildman–Crippen MR) is 123 cm³/mol. The number of hydroxylamine groups is 1. The summed E-state index contributed by atoms with van der Waals surface area (Å²) in [6.07, 6.45) is 5.55. The monoisotopic (exact) mass is 454 g/mol. The predicted octanol–water partition coefficient (Wildman–Crippen LogP) is 4.06. The minimum atomic E-state index is -0.734. The van der Waals surface area contributed by atoms with E-state index < -0.39 is 18.0 Å². The van der Waals surface area contributed by atoms with Gasteiger partial charge in [0.2, 0.25) is 0 Å². The Labute approximate surface area is 193 Å². The zero-order valence-corrected chi connectivity index (χ0v) is 19.1. The van der Waals surface area contributed by atoms with Gasteiger partial charge in [0.05, 0.1) is 7.11 Å². The Bertz CT molecular complexity index is 938. The van der Waals surface area contributed by atoms with Crippen LogP contribution >= 0.6 is 0 Å². The molecule has 176 valence electrons. The molecular weight excluding hydrogens is 424 g/mol. The van der Waals surface area contributed by atoms with Gasteiger partial charge in [0.15, 0.2) is 0 Å². The zero-order valence-electron chi connectivity index (χ0n) is 19.1. The van der Waals surface area contributed by atoms with Gasteiger partial charge in [-0.1, -0.05) is 25.1 Å². The molecule has 0 fully saturated rings. The van der Waals surface area contributed by atoms with Crippen LogP contribution in [-0.4, -0.2) is 31.0 Å². The molecule has 0 aliphatic heterocycles. The number of unbranched alkanes of at least 4 members (excludes halogenated alkanes) is 1. The van der Waals surface area contributed by atoms with Crippen molar-refractivity contribution in [2.45, 2.75) is 45.6 Å². The molecule has 0 heterocycles. The molecule has 0 saturated heterocycles. The van der Waals surface area contributed by atoms with Gasteiger partial charge in [-0.3, -0.25) is 14.4 Å². The minimum Gasteiger partial charge on any atom is -0.468 e. The van der Waals surface area contributed by atoms with E-state index in [0.29, 0.717) is 24.2 Å². The summed E-state index contributed by atoms with van der Waals surface area (Å²) >= 11 is 0. The fraction of sp³-hybridized carbons (Fsp3) is 0.320. The number of esters is 1. The van der Waals surface area contributed by atoms with E-state index in [0.717, 1.165) is 12.2 Å². The summed E-state index contributed by atoms with van der Waals surface area (Å²) in [4.78, 5) is 39.8. The number of rotatable bonds is 12. The maximum Gasteiger partial charge on any atom is 0.325 e. The van der Waals surface area contributed by atoms with E-state index in [1.54, 1.807) is 36.5 Å². The summed E-state index contributed by atoms with van der Waals surface area (Å²) in [7, 11) is 1.25. The van der Waals surface area contributed by atoms with Crippen LogP contribution in [0.1, 0.15) is 49.0 Å².